The highest BCUT2D eigenvalue weighted by Crippen LogP contribution is 2.33. The van der Waals surface area contributed by atoms with Gasteiger partial charge in [-0.2, -0.15) is 10.1 Å². The van der Waals surface area contributed by atoms with Crippen LogP contribution in [0.25, 0.3) is 10.2 Å². The largest absolute Gasteiger partial charge is 0.404 e. The number of non-ortho nitro benzene ring substituents is 1. The SMILES string of the molecule is N/C=C1/C(=O)N(c2nc3ccccc3s2)N=C1c1cccc([N+](=O)[O-])c1. The van der Waals surface area contributed by atoms with Crippen LogP contribution >= 0.6 is 11.3 Å². The van der Waals surface area contributed by atoms with Crippen LogP contribution in [0.15, 0.2) is 65.4 Å². The smallest absolute Gasteiger partial charge is 0.284 e. The average Bonchev–Trinajstić information content (AvgIpc) is 3.22. The lowest BCUT2D eigenvalue weighted by Gasteiger charge is -2.05. The molecule has 0 atom stereocenters. The second kappa shape index (κ2) is 6.05. The first-order valence-corrected chi connectivity index (χ1v) is 8.36. The second-order valence-corrected chi connectivity index (χ2v) is 6.43. The van der Waals surface area contributed by atoms with Crippen LogP contribution in [0.3, 0.4) is 0 Å². The molecule has 0 spiro atoms. The van der Waals surface area contributed by atoms with Gasteiger partial charge in [-0.25, -0.2) is 4.98 Å². The zero-order chi connectivity index (χ0) is 18.3. The van der Waals surface area contributed by atoms with E-state index in [-0.39, 0.29) is 17.0 Å². The van der Waals surface area contributed by atoms with Gasteiger partial charge in [0.1, 0.15) is 5.71 Å². The van der Waals surface area contributed by atoms with Crippen molar-refractivity contribution in [2.75, 3.05) is 5.01 Å². The summed E-state index contributed by atoms with van der Waals surface area (Å²) in [6.07, 6.45) is 1.16. The van der Waals surface area contributed by atoms with E-state index in [0.29, 0.717) is 10.7 Å². The monoisotopic (exact) mass is 365 g/mol. The van der Waals surface area contributed by atoms with E-state index in [1.807, 2.05) is 24.3 Å². The van der Waals surface area contributed by atoms with E-state index in [0.717, 1.165) is 16.4 Å². The number of hydrogen-bond donors (Lipinski definition) is 1. The van der Waals surface area contributed by atoms with Crippen molar-refractivity contribution in [1.29, 1.82) is 0 Å². The highest BCUT2D eigenvalue weighted by atomic mass is 32.1. The molecule has 1 aliphatic heterocycles. The van der Waals surface area contributed by atoms with E-state index in [2.05, 4.69) is 10.1 Å². The number of anilines is 1. The number of carbonyl (C=O) groups excluding carboxylic acids is 1. The van der Waals surface area contributed by atoms with Crippen LogP contribution in [-0.2, 0) is 4.79 Å². The van der Waals surface area contributed by atoms with E-state index in [9.17, 15) is 14.9 Å². The maximum absolute atomic E-state index is 12.7. The van der Waals surface area contributed by atoms with Crippen LogP contribution in [0, 0.1) is 10.1 Å². The molecular weight excluding hydrogens is 354 g/mol. The number of nitro groups is 1. The van der Waals surface area contributed by atoms with Crippen LogP contribution in [-0.4, -0.2) is 21.5 Å². The van der Waals surface area contributed by atoms with Gasteiger partial charge in [0, 0.05) is 23.9 Å². The zero-order valence-corrected chi connectivity index (χ0v) is 14.0. The molecule has 26 heavy (non-hydrogen) atoms. The molecule has 1 amide bonds. The molecule has 1 aromatic heterocycles. The molecule has 0 radical (unpaired) electrons. The number of aromatic nitrogens is 1. The summed E-state index contributed by atoms with van der Waals surface area (Å²) in [7, 11) is 0. The Morgan fingerprint density at radius 1 is 1.19 bits per heavy atom. The summed E-state index contributed by atoms with van der Waals surface area (Å²) in [6.45, 7) is 0. The molecule has 9 heteroatoms. The first-order valence-electron chi connectivity index (χ1n) is 7.54. The molecule has 0 bridgehead atoms. The molecular formula is C17H11N5O3S. The topological polar surface area (TPSA) is 115 Å². The summed E-state index contributed by atoms with van der Waals surface area (Å²) < 4.78 is 0.924. The summed E-state index contributed by atoms with van der Waals surface area (Å²) in [5.74, 6) is -0.423. The molecule has 2 N–H and O–H groups in total. The maximum Gasteiger partial charge on any atom is 0.284 e. The molecule has 0 aliphatic carbocycles. The van der Waals surface area contributed by atoms with Crippen LogP contribution in [0.1, 0.15) is 5.56 Å². The third-order valence-corrected chi connectivity index (χ3v) is 4.85. The number of carbonyl (C=O) groups is 1. The zero-order valence-electron chi connectivity index (χ0n) is 13.2. The minimum atomic E-state index is -0.502. The van der Waals surface area contributed by atoms with Gasteiger partial charge >= 0.3 is 0 Å². The number of benzene rings is 2. The molecule has 0 fully saturated rings. The first-order chi connectivity index (χ1) is 12.6. The van der Waals surface area contributed by atoms with Gasteiger partial charge in [0.15, 0.2) is 0 Å². The van der Waals surface area contributed by atoms with E-state index in [4.69, 9.17) is 5.73 Å². The minimum Gasteiger partial charge on any atom is -0.404 e. The van der Waals surface area contributed by atoms with Gasteiger partial charge in [-0.1, -0.05) is 35.6 Å². The molecule has 2 heterocycles. The third kappa shape index (κ3) is 2.50. The lowest BCUT2D eigenvalue weighted by Crippen LogP contribution is -2.21. The van der Waals surface area contributed by atoms with E-state index in [1.54, 1.807) is 6.07 Å². The van der Waals surface area contributed by atoms with Gasteiger partial charge in [-0.05, 0) is 12.1 Å². The average molecular weight is 365 g/mol. The summed E-state index contributed by atoms with van der Waals surface area (Å²) in [5.41, 5.74) is 7.18. The fraction of sp³-hybridized carbons (Fsp3) is 0. The third-order valence-electron chi connectivity index (χ3n) is 3.84. The Kier molecular flexibility index (Phi) is 3.70. The number of fused-ring (bicyclic) bond motifs is 1. The van der Waals surface area contributed by atoms with Crippen molar-refractivity contribution in [2.24, 2.45) is 10.8 Å². The molecule has 8 nitrogen and oxygen atoms in total. The first kappa shape index (κ1) is 15.9. The predicted molar refractivity (Wildman–Crippen MR) is 99.0 cm³/mol. The van der Waals surface area contributed by atoms with Crippen molar-refractivity contribution in [3.63, 3.8) is 0 Å². The quantitative estimate of drug-likeness (QED) is 0.435. The van der Waals surface area contributed by atoms with E-state index < -0.39 is 10.8 Å². The molecule has 0 saturated heterocycles. The Morgan fingerprint density at radius 2 is 2.00 bits per heavy atom. The Morgan fingerprint density at radius 3 is 2.73 bits per heavy atom. The maximum atomic E-state index is 12.7. The van der Waals surface area contributed by atoms with Crippen LogP contribution in [0.2, 0.25) is 0 Å². The summed E-state index contributed by atoms with van der Waals surface area (Å²) in [6, 6.07) is 13.4. The summed E-state index contributed by atoms with van der Waals surface area (Å²) >= 11 is 1.33. The number of hydrazone groups is 1. The Bertz CT molecular complexity index is 1090. The normalized spacial score (nSPS) is 15.7. The Labute approximate surface area is 151 Å². The highest BCUT2D eigenvalue weighted by molar-refractivity contribution is 7.22. The fourth-order valence-corrected chi connectivity index (χ4v) is 3.54. The van der Waals surface area contributed by atoms with Crippen LogP contribution in [0.5, 0.6) is 0 Å². The van der Waals surface area contributed by atoms with Crippen LogP contribution < -0.4 is 10.7 Å². The van der Waals surface area contributed by atoms with Gasteiger partial charge in [0.25, 0.3) is 11.6 Å². The molecule has 0 saturated carbocycles. The number of amides is 1. The number of nitrogens with two attached hydrogens (primary N) is 1. The summed E-state index contributed by atoms with van der Waals surface area (Å²) in [4.78, 5) is 27.6. The van der Waals surface area contributed by atoms with Gasteiger partial charge in [-0.15, -0.1) is 0 Å². The molecule has 1 aliphatic rings. The number of rotatable bonds is 3. The van der Waals surface area contributed by atoms with E-state index >= 15 is 0 Å². The van der Waals surface area contributed by atoms with Crippen LogP contribution in [0.4, 0.5) is 10.8 Å². The van der Waals surface area contributed by atoms with Gasteiger partial charge in [0.2, 0.25) is 5.13 Å². The van der Waals surface area contributed by atoms with Crippen molar-refractivity contribution in [2.45, 2.75) is 0 Å². The predicted octanol–water partition coefficient (Wildman–Crippen LogP) is 2.80. The minimum absolute atomic E-state index is 0.0903. The van der Waals surface area contributed by atoms with Crippen molar-refractivity contribution in [3.05, 3.63) is 76.0 Å². The molecule has 3 aromatic rings. The Balaban J connectivity index is 1.81. The van der Waals surface area contributed by atoms with Crippen molar-refractivity contribution >= 4 is 44.0 Å². The van der Waals surface area contributed by atoms with Gasteiger partial charge in [-0.3, -0.25) is 14.9 Å². The fourth-order valence-electron chi connectivity index (χ4n) is 2.63. The highest BCUT2D eigenvalue weighted by Gasteiger charge is 2.34. The standard InChI is InChI=1S/C17H11N5O3S/c18-9-12-15(10-4-3-5-11(8-10)22(24)25)20-21(16(12)23)17-19-13-6-1-2-7-14(13)26-17/h1-9H,18H2/b12-9+. The van der Waals surface area contributed by atoms with Crippen molar-refractivity contribution < 1.29 is 9.72 Å². The number of nitro benzene ring substituents is 1. The second-order valence-electron chi connectivity index (χ2n) is 5.42. The van der Waals surface area contributed by atoms with Crippen molar-refractivity contribution in [1.82, 2.24) is 4.98 Å². The lowest BCUT2D eigenvalue weighted by molar-refractivity contribution is -0.384. The Hall–Kier alpha value is -3.59. The molecule has 0 unspecified atom stereocenters. The van der Waals surface area contributed by atoms with Gasteiger partial charge < -0.3 is 5.73 Å². The number of thiazole rings is 1. The number of para-hydroxylation sites is 1. The number of nitrogens with zero attached hydrogens (tertiary/aromatic N) is 4. The van der Waals surface area contributed by atoms with E-state index in [1.165, 1.54) is 34.5 Å². The molecule has 4 rings (SSSR count). The summed E-state index contributed by atoms with van der Waals surface area (Å²) in [5, 5.41) is 16.9. The van der Waals surface area contributed by atoms with Gasteiger partial charge in [0.05, 0.1) is 20.7 Å². The van der Waals surface area contributed by atoms with Crippen molar-refractivity contribution in [3.8, 4) is 0 Å². The molecule has 128 valence electrons. The molecule has 2 aromatic carbocycles. The number of hydrogen-bond acceptors (Lipinski definition) is 7. The lowest BCUT2D eigenvalue weighted by atomic mass is 10.0.